The van der Waals surface area contributed by atoms with E-state index in [0.717, 1.165) is 6.92 Å². The van der Waals surface area contributed by atoms with Crippen molar-refractivity contribution in [3.8, 4) is 0 Å². The SMILES string of the molecule is CC(=O)OC[C@H](CCOP(=O)(O)OCC(COC(=O)[C@@H](N)CC(C)C)OC(=O)[C@@H](N)CC(C)C)OC(C)=O. The van der Waals surface area contributed by atoms with E-state index in [9.17, 15) is 28.6 Å². The van der Waals surface area contributed by atoms with Crippen LogP contribution in [-0.2, 0) is 51.7 Å². The third kappa shape index (κ3) is 18.2. The highest BCUT2D eigenvalue weighted by Crippen LogP contribution is 2.43. The van der Waals surface area contributed by atoms with Crippen LogP contribution in [0.3, 0.4) is 0 Å². The first-order valence-corrected chi connectivity index (χ1v) is 13.8. The molecule has 0 amide bonds. The van der Waals surface area contributed by atoms with Gasteiger partial charge in [-0.15, -0.1) is 0 Å². The van der Waals surface area contributed by atoms with Gasteiger partial charge < -0.3 is 35.3 Å². The Kier molecular flexibility index (Phi) is 17.2. The third-order valence-corrected chi connectivity index (χ3v) is 5.66. The molecule has 0 saturated heterocycles. The van der Waals surface area contributed by atoms with Crippen molar-refractivity contribution in [1.29, 1.82) is 0 Å². The molecule has 15 heteroatoms. The number of ether oxygens (including phenoxy) is 4. The van der Waals surface area contributed by atoms with Gasteiger partial charge in [-0.1, -0.05) is 27.7 Å². The van der Waals surface area contributed by atoms with Crippen molar-refractivity contribution in [2.45, 2.75) is 85.1 Å². The van der Waals surface area contributed by atoms with Crippen LogP contribution < -0.4 is 11.5 Å². The van der Waals surface area contributed by atoms with Gasteiger partial charge in [0.2, 0.25) is 0 Å². The molecule has 0 saturated carbocycles. The Morgan fingerprint density at radius 1 is 0.737 bits per heavy atom. The molecule has 5 N–H and O–H groups in total. The molecule has 0 heterocycles. The Morgan fingerprint density at radius 2 is 1.26 bits per heavy atom. The number of carbonyl (C=O) groups excluding carboxylic acids is 4. The second kappa shape index (κ2) is 18.2. The first-order chi connectivity index (χ1) is 17.5. The van der Waals surface area contributed by atoms with E-state index in [0.29, 0.717) is 12.8 Å². The van der Waals surface area contributed by atoms with E-state index in [1.54, 1.807) is 0 Å². The summed E-state index contributed by atoms with van der Waals surface area (Å²) in [6.45, 7) is 7.97. The minimum absolute atomic E-state index is 0.0887. The van der Waals surface area contributed by atoms with E-state index in [-0.39, 0.29) is 24.9 Å². The highest BCUT2D eigenvalue weighted by atomic mass is 31.2. The average Bonchev–Trinajstić information content (AvgIpc) is 2.77. The number of phosphoric acid groups is 1. The maximum Gasteiger partial charge on any atom is 0.472 e. The zero-order chi connectivity index (χ0) is 29.5. The molecule has 0 rings (SSSR count). The molecule has 0 bridgehead atoms. The molecule has 0 aromatic rings. The summed E-state index contributed by atoms with van der Waals surface area (Å²) in [4.78, 5) is 56.8. The van der Waals surface area contributed by atoms with Crippen LogP contribution >= 0.6 is 7.82 Å². The Bertz CT molecular complexity index is 807. The van der Waals surface area contributed by atoms with E-state index in [2.05, 4.69) is 0 Å². The van der Waals surface area contributed by atoms with Gasteiger partial charge in [-0.3, -0.25) is 28.2 Å². The minimum Gasteiger partial charge on any atom is -0.462 e. The summed E-state index contributed by atoms with van der Waals surface area (Å²) in [6, 6.07) is -1.87. The Labute approximate surface area is 223 Å². The number of nitrogens with two attached hydrogens (primary N) is 2. The highest BCUT2D eigenvalue weighted by molar-refractivity contribution is 7.47. The lowest BCUT2D eigenvalue weighted by Crippen LogP contribution is -2.40. The predicted molar refractivity (Wildman–Crippen MR) is 134 cm³/mol. The Balaban J connectivity index is 5.09. The summed E-state index contributed by atoms with van der Waals surface area (Å²) in [5, 5.41) is 0. The largest absolute Gasteiger partial charge is 0.472 e. The summed E-state index contributed by atoms with van der Waals surface area (Å²) in [7, 11) is -4.69. The molecule has 0 aromatic heterocycles. The summed E-state index contributed by atoms with van der Waals surface area (Å²) >= 11 is 0. The average molecular weight is 571 g/mol. The molecule has 0 radical (unpaired) electrons. The van der Waals surface area contributed by atoms with E-state index < -0.39 is 75.8 Å². The quantitative estimate of drug-likeness (QED) is 0.113. The number of hydrogen-bond acceptors (Lipinski definition) is 13. The molecule has 0 spiro atoms. The predicted octanol–water partition coefficient (Wildman–Crippen LogP) is 1.21. The Hall–Kier alpha value is -2.09. The van der Waals surface area contributed by atoms with Crippen LogP contribution in [0.1, 0.15) is 60.8 Å². The van der Waals surface area contributed by atoms with Gasteiger partial charge in [0.15, 0.2) is 6.10 Å². The van der Waals surface area contributed by atoms with Crippen LogP contribution in [0.2, 0.25) is 0 Å². The van der Waals surface area contributed by atoms with E-state index >= 15 is 0 Å². The molecular formula is C23H43N2O12P. The molecule has 0 aliphatic rings. The van der Waals surface area contributed by atoms with Crippen LogP contribution in [0.5, 0.6) is 0 Å². The fraction of sp³-hybridized carbons (Fsp3) is 0.826. The zero-order valence-corrected chi connectivity index (χ0v) is 23.8. The van der Waals surface area contributed by atoms with Gasteiger partial charge in [0.25, 0.3) is 0 Å². The van der Waals surface area contributed by atoms with E-state index in [4.69, 9.17) is 39.5 Å². The third-order valence-electron chi connectivity index (χ3n) is 4.67. The van der Waals surface area contributed by atoms with Gasteiger partial charge in [-0.2, -0.15) is 0 Å². The summed E-state index contributed by atoms with van der Waals surface area (Å²) in [6.07, 6.45) is -1.59. The van der Waals surface area contributed by atoms with Gasteiger partial charge in [0, 0.05) is 20.3 Å². The molecular weight excluding hydrogens is 527 g/mol. The summed E-state index contributed by atoms with van der Waals surface area (Å²) < 4.78 is 42.3. The van der Waals surface area contributed by atoms with Crippen LogP contribution in [0.4, 0.5) is 0 Å². The molecule has 14 nitrogen and oxygen atoms in total. The second-order valence-corrected chi connectivity index (χ2v) is 11.0. The topological polar surface area (TPSA) is 213 Å². The second-order valence-electron chi connectivity index (χ2n) is 9.58. The summed E-state index contributed by atoms with van der Waals surface area (Å²) in [5.41, 5.74) is 11.6. The number of phosphoric ester groups is 1. The molecule has 5 atom stereocenters. The van der Waals surface area contributed by atoms with Gasteiger partial charge in [0.05, 0.1) is 13.2 Å². The molecule has 222 valence electrons. The Morgan fingerprint density at radius 3 is 1.76 bits per heavy atom. The standard InChI is InChI=1S/C23H43N2O12P/c1-14(2)9-20(24)22(28)33-12-19(37-23(29)21(25)10-15(3)4)13-35-38(30,31)34-8-7-18(36-17(6)27)11-32-16(5)26/h14-15,18-21H,7-13,24-25H2,1-6H3,(H,30,31)/t18-,19?,20-,21-/m0/s1. The van der Waals surface area contributed by atoms with Crippen LogP contribution in [0.25, 0.3) is 0 Å². The normalized spacial score (nSPS) is 16.2. The van der Waals surface area contributed by atoms with Crippen molar-refractivity contribution < 1.29 is 56.6 Å². The number of hydrogen-bond donors (Lipinski definition) is 3. The maximum atomic E-state index is 12.4. The van der Waals surface area contributed by atoms with Crippen LogP contribution in [0, 0.1) is 11.8 Å². The fourth-order valence-corrected chi connectivity index (χ4v) is 3.76. The number of carbonyl (C=O) groups is 4. The van der Waals surface area contributed by atoms with Crippen molar-refractivity contribution in [2.24, 2.45) is 23.3 Å². The van der Waals surface area contributed by atoms with Crippen molar-refractivity contribution in [1.82, 2.24) is 0 Å². The monoisotopic (exact) mass is 570 g/mol. The highest BCUT2D eigenvalue weighted by Gasteiger charge is 2.29. The maximum absolute atomic E-state index is 12.4. The lowest BCUT2D eigenvalue weighted by atomic mass is 10.0. The number of rotatable bonds is 19. The minimum atomic E-state index is -4.69. The van der Waals surface area contributed by atoms with Crippen LogP contribution in [-0.4, -0.2) is 79.5 Å². The van der Waals surface area contributed by atoms with Crippen molar-refractivity contribution >= 4 is 31.7 Å². The molecule has 0 aliphatic heterocycles. The summed E-state index contributed by atoms with van der Waals surface area (Å²) in [5.74, 6) is -2.55. The molecule has 0 aromatic carbocycles. The van der Waals surface area contributed by atoms with Gasteiger partial charge in [0.1, 0.15) is 31.4 Å². The van der Waals surface area contributed by atoms with E-state index in [1.807, 2.05) is 27.7 Å². The molecule has 0 fully saturated rings. The molecule has 2 unspecified atom stereocenters. The smallest absolute Gasteiger partial charge is 0.462 e. The zero-order valence-electron chi connectivity index (χ0n) is 23.0. The van der Waals surface area contributed by atoms with Crippen molar-refractivity contribution in [3.63, 3.8) is 0 Å². The van der Waals surface area contributed by atoms with Crippen LogP contribution in [0.15, 0.2) is 0 Å². The number of esters is 4. The first kappa shape index (κ1) is 35.9. The molecule has 38 heavy (non-hydrogen) atoms. The van der Waals surface area contributed by atoms with Crippen molar-refractivity contribution in [3.05, 3.63) is 0 Å². The lowest BCUT2D eigenvalue weighted by Gasteiger charge is -2.23. The molecule has 0 aliphatic carbocycles. The van der Waals surface area contributed by atoms with Gasteiger partial charge in [-0.25, -0.2) is 4.57 Å². The van der Waals surface area contributed by atoms with E-state index in [1.165, 1.54) is 6.92 Å². The lowest BCUT2D eigenvalue weighted by molar-refractivity contribution is -0.163. The van der Waals surface area contributed by atoms with Crippen molar-refractivity contribution in [2.75, 3.05) is 26.4 Å². The van der Waals surface area contributed by atoms with Gasteiger partial charge >= 0.3 is 31.7 Å². The first-order valence-electron chi connectivity index (χ1n) is 12.3. The fourth-order valence-electron chi connectivity index (χ4n) is 2.99. The van der Waals surface area contributed by atoms with Gasteiger partial charge in [-0.05, 0) is 24.7 Å².